The number of rotatable bonds is 10. The van der Waals surface area contributed by atoms with Crippen molar-refractivity contribution in [2.75, 3.05) is 18.6 Å². The first-order valence-corrected chi connectivity index (χ1v) is 9.62. The zero-order valence-corrected chi connectivity index (χ0v) is 16.2. The summed E-state index contributed by atoms with van der Waals surface area (Å²) in [6.45, 7) is 9.62. The number of benzene rings is 1. The summed E-state index contributed by atoms with van der Waals surface area (Å²) in [5, 5.41) is 14.2. The van der Waals surface area contributed by atoms with E-state index < -0.39 is 17.7 Å². The van der Waals surface area contributed by atoms with E-state index in [0.29, 0.717) is 31.0 Å². The van der Waals surface area contributed by atoms with Gasteiger partial charge in [-0.2, -0.15) is 5.10 Å². The Balaban J connectivity index is 2.81. The van der Waals surface area contributed by atoms with Crippen molar-refractivity contribution in [2.45, 2.75) is 46.2 Å². The van der Waals surface area contributed by atoms with Gasteiger partial charge in [0.25, 0.3) is 5.69 Å². The van der Waals surface area contributed by atoms with Crippen molar-refractivity contribution in [1.29, 1.82) is 0 Å². The van der Waals surface area contributed by atoms with Crippen molar-refractivity contribution in [1.82, 2.24) is 0 Å². The summed E-state index contributed by atoms with van der Waals surface area (Å²) in [7, 11) is -3.27. The highest BCUT2D eigenvalue weighted by molar-refractivity contribution is 7.55. The lowest BCUT2D eigenvalue weighted by Gasteiger charge is -2.32. The van der Waals surface area contributed by atoms with Gasteiger partial charge in [0.2, 0.25) is 0 Å². The molecule has 0 aromatic heterocycles. The fourth-order valence-electron chi connectivity index (χ4n) is 2.31. The smallest absolute Gasteiger partial charge is 0.308 e. The maximum Gasteiger partial charge on any atom is 0.336 e. The fraction of sp³-hybridized carbons (Fsp3) is 0.562. The third-order valence-corrected chi connectivity index (χ3v) is 6.32. The number of non-ortho nitro benzene ring substituents is 1. The molecule has 0 saturated carbocycles. The second-order valence-corrected chi connectivity index (χ2v) is 8.81. The van der Waals surface area contributed by atoms with E-state index in [9.17, 15) is 14.7 Å². The molecule has 0 saturated heterocycles. The zero-order chi connectivity index (χ0) is 19.1. The summed E-state index contributed by atoms with van der Waals surface area (Å²) in [4.78, 5) is 10.2. The highest BCUT2D eigenvalue weighted by atomic mass is 31.2. The topological polar surface area (TPSA) is 103 Å². The predicted molar refractivity (Wildman–Crippen MR) is 99.4 cm³/mol. The number of hydrogen-bond donors (Lipinski definition) is 1. The van der Waals surface area contributed by atoms with Crippen LogP contribution in [-0.2, 0) is 13.6 Å². The molecule has 1 aromatic carbocycles. The first kappa shape index (κ1) is 21.3. The van der Waals surface area contributed by atoms with E-state index in [1.807, 2.05) is 20.8 Å². The molecule has 0 unspecified atom stereocenters. The Hall–Kier alpha value is -1.76. The number of nitro benzene ring substituents is 1. The Morgan fingerprint density at radius 3 is 2.20 bits per heavy atom. The van der Waals surface area contributed by atoms with Crippen molar-refractivity contribution in [3.05, 3.63) is 34.4 Å². The lowest BCUT2D eigenvalue weighted by molar-refractivity contribution is -0.384. The van der Waals surface area contributed by atoms with Crippen molar-refractivity contribution in [3.63, 3.8) is 0 Å². The van der Waals surface area contributed by atoms with Gasteiger partial charge in [0.15, 0.2) is 0 Å². The van der Waals surface area contributed by atoms with Crippen LogP contribution in [0, 0.1) is 10.1 Å². The molecule has 0 heterocycles. The van der Waals surface area contributed by atoms with Gasteiger partial charge in [0.05, 0.1) is 29.0 Å². The Kier molecular flexibility index (Phi) is 7.73. The summed E-state index contributed by atoms with van der Waals surface area (Å²) >= 11 is 0. The van der Waals surface area contributed by atoms with Crippen molar-refractivity contribution >= 4 is 24.7 Å². The van der Waals surface area contributed by atoms with E-state index in [1.165, 1.54) is 12.1 Å². The summed E-state index contributed by atoms with van der Waals surface area (Å²) in [6, 6.07) is 5.95. The Morgan fingerprint density at radius 2 is 1.76 bits per heavy atom. The van der Waals surface area contributed by atoms with Crippen LogP contribution in [0.5, 0.6) is 0 Å². The number of nitro groups is 1. The molecule has 0 amide bonds. The molecule has 0 spiro atoms. The molecule has 0 atom stereocenters. The second-order valence-electron chi connectivity index (χ2n) is 6.09. The lowest BCUT2D eigenvalue weighted by atomic mass is 10.1. The van der Waals surface area contributed by atoms with Gasteiger partial charge in [-0.25, -0.2) is 0 Å². The van der Waals surface area contributed by atoms with Crippen LogP contribution in [-0.4, -0.2) is 29.0 Å². The molecule has 140 valence electrons. The van der Waals surface area contributed by atoms with Crippen LogP contribution in [0.4, 0.5) is 11.4 Å². The van der Waals surface area contributed by atoms with Crippen LogP contribution in [0.3, 0.4) is 0 Å². The van der Waals surface area contributed by atoms with Crippen LogP contribution in [0.15, 0.2) is 29.4 Å². The highest BCUT2D eigenvalue weighted by Gasteiger charge is 2.43. The predicted octanol–water partition coefficient (Wildman–Crippen LogP) is 4.82. The van der Waals surface area contributed by atoms with E-state index in [0.717, 1.165) is 0 Å². The SMILES string of the molecule is CCOP(=O)(OCC)C(C)(C)C/C(C)=N\Nc1ccc([N+](=O)[O-])cc1. The molecular weight excluding hydrogens is 345 g/mol. The summed E-state index contributed by atoms with van der Waals surface area (Å²) in [5.74, 6) is 0. The molecule has 0 aliphatic carbocycles. The van der Waals surface area contributed by atoms with Crippen molar-refractivity contribution in [2.24, 2.45) is 5.10 Å². The largest absolute Gasteiger partial charge is 0.336 e. The van der Waals surface area contributed by atoms with Gasteiger partial charge in [-0.05, 0) is 46.8 Å². The molecular formula is C16H26N3O5P. The van der Waals surface area contributed by atoms with Crippen LogP contribution in [0.2, 0.25) is 0 Å². The molecule has 0 bridgehead atoms. The Bertz CT molecular complexity index is 648. The quantitative estimate of drug-likeness (QED) is 0.274. The average molecular weight is 371 g/mol. The summed E-state index contributed by atoms with van der Waals surface area (Å²) in [5.41, 5.74) is 4.19. The molecule has 0 aliphatic rings. The first-order valence-electron chi connectivity index (χ1n) is 8.08. The molecule has 0 aliphatic heterocycles. The monoisotopic (exact) mass is 371 g/mol. The van der Waals surface area contributed by atoms with E-state index >= 15 is 0 Å². The second kappa shape index (κ2) is 9.08. The normalized spacial score (nSPS) is 12.9. The van der Waals surface area contributed by atoms with Crippen LogP contribution in [0.25, 0.3) is 0 Å². The molecule has 1 N–H and O–H groups in total. The number of nitrogens with one attached hydrogen (secondary N) is 1. The lowest BCUT2D eigenvalue weighted by Crippen LogP contribution is -2.26. The van der Waals surface area contributed by atoms with Gasteiger partial charge in [0.1, 0.15) is 0 Å². The Morgan fingerprint density at radius 1 is 1.24 bits per heavy atom. The molecule has 25 heavy (non-hydrogen) atoms. The Labute approximate surface area is 148 Å². The standard InChI is InChI=1S/C16H26N3O5P/c1-6-23-25(22,24-7-2)16(4,5)12-13(3)17-18-14-8-10-15(11-9-14)19(20)21/h8-11,18H,6-7,12H2,1-5H3/b17-13-. The summed E-state index contributed by atoms with van der Waals surface area (Å²) in [6.07, 6.45) is 0.407. The molecule has 1 aromatic rings. The highest BCUT2D eigenvalue weighted by Crippen LogP contribution is 2.61. The summed E-state index contributed by atoms with van der Waals surface area (Å²) < 4.78 is 23.8. The number of hydrazone groups is 1. The maximum atomic E-state index is 13.0. The van der Waals surface area contributed by atoms with Gasteiger partial charge < -0.3 is 9.05 Å². The van der Waals surface area contributed by atoms with Gasteiger partial charge in [-0.1, -0.05) is 0 Å². The minimum atomic E-state index is -3.27. The van der Waals surface area contributed by atoms with Gasteiger partial charge >= 0.3 is 7.60 Å². The fourth-order valence-corrected chi connectivity index (χ4v) is 4.18. The minimum absolute atomic E-state index is 0.0155. The van der Waals surface area contributed by atoms with Gasteiger partial charge in [-0.3, -0.25) is 20.1 Å². The van der Waals surface area contributed by atoms with E-state index in [1.54, 1.807) is 26.0 Å². The maximum absolute atomic E-state index is 13.0. The molecule has 0 fully saturated rings. The molecule has 1 rings (SSSR count). The van der Waals surface area contributed by atoms with E-state index in [4.69, 9.17) is 9.05 Å². The van der Waals surface area contributed by atoms with Crippen LogP contribution < -0.4 is 5.43 Å². The van der Waals surface area contributed by atoms with Gasteiger partial charge in [-0.15, -0.1) is 0 Å². The third-order valence-electron chi connectivity index (χ3n) is 3.48. The van der Waals surface area contributed by atoms with Crippen molar-refractivity contribution < 1.29 is 18.5 Å². The van der Waals surface area contributed by atoms with Gasteiger partial charge in [0, 0.05) is 24.3 Å². The average Bonchev–Trinajstić information content (AvgIpc) is 2.53. The first-order chi connectivity index (χ1) is 11.6. The van der Waals surface area contributed by atoms with Crippen LogP contribution >= 0.6 is 7.60 Å². The molecule has 8 nitrogen and oxygen atoms in total. The third kappa shape index (κ3) is 5.92. The van der Waals surface area contributed by atoms with Crippen LogP contribution in [0.1, 0.15) is 41.0 Å². The number of anilines is 1. The van der Waals surface area contributed by atoms with Crippen molar-refractivity contribution in [3.8, 4) is 0 Å². The number of hydrogen-bond acceptors (Lipinski definition) is 7. The zero-order valence-electron chi connectivity index (χ0n) is 15.3. The number of nitrogens with zero attached hydrogens (tertiary/aromatic N) is 2. The minimum Gasteiger partial charge on any atom is -0.308 e. The van der Waals surface area contributed by atoms with E-state index in [-0.39, 0.29) is 5.69 Å². The molecule has 9 heteroatoms. The molecule has 0 radical (unpaired) electrons. The van der Waals surface area contributed by atoms with E-state index in [2.05, 4.69) is 10.5 Å².